The van der Waals surface area contributed by atoms with Gasteiger partial charge in [-0.2, -0.15) is 0 Å². The van der Waals surface area contributed by atoms with Crippen LogP contribution < -0.4 is 10.2 Å². The van der Waals surface area contributed by atoms with Gasteiger partial charge in [-0.25, -0.2) is 14.8 Å². The van der Waals surface area contributed by atoms with Gasteiger partial charge >= 0.3 is 6.09 Å². The van der Waals surface area contributed by atoms with Gasteiger partial charge in [0.25, 0.3) is 0 Å². The Morgan fingerprint density at radius 1 is 1.06 bits per heavy atom. The fourth-order valence-corrected chi connectivity index (χ4v) is 4.02. The van der Waals surface area contributed by atoms with Gasteiger partial charge < -0.3 is 24.4 Å². The topological polar surface area (TPSA) is 92.6 Å². The van der Waals surface area contributed by atoms with E-state index in [0.29, 0.717) is 32.0 Å². The van der Waals surface area contributed by atoms with E-state index >= 15 is 0 Å². The summed E-state index contributed by atoms with van der Waals surface area (Å²) >= 11 is 0. The molecule has 1 aliphatic heterocycles. The number of pyridine rings is 1. The second kappa shape index (κ2) is 9.70. The van der Waals surface area contributed by atoms with E-state index in [1.165, 1.54) is 0 Å². The number of ether oxygens (including phenoxy) is 1. The Balaban J connectivity index is 1.33. The van der Waals surface area contributed by atoms with Crippen LogP contribution in [0.5, 0.6) is 0 Å². The number of nitrogens with zero attached hydrogens (tertiary/aromatic N) is 5. The van der Waals surface area contributed by atoms with Gasteiger partial charge in [0.1, 0.15) is 23.8 Å². The molecule has 0 spiro atoms. The van der Waals surface area contributed by atoms with Crippen molar-refractivity contribution in [2.24, 2.45) is 0 Å². The standard InChI is InChI=1S/C25H32N6O3/c1-5-22-27-19-8-6-7-9-20(19)31(22)17-23(32)28-21-11-10-18(16-26-21)29-12-14-30(15-13-29)24(33)34-25(2,3)4/h6-11,16H,5,12-15,17H2,1-4H3,(H,26,28,32). The van der Waals surface area contributed by atoms with Gasteiger partial charge in [0.2, 0.25) is 5.91 Å². The Hall–Kier alpha value is -3.62. The number of hydrogen-bond acceptors (Lipinski definition) is 6. The second-order valence-corrected chi connectivity index (χ2v) is 9.36. The average Bonchev–Trinajstić information content (AvgIpc) is 3.16. The van der Waals surface area contributed by atoms with E-state index in [1.54, 1.807) is 17.2 Å². The van der Waals surface area contributed by atoms with Crippen LogP contribution in [0.15, 0.2) is 42.6 Å². The Morgan fingerprint density at radius 3 is 2.44 bits per heavy atom. The number of carbonyl (C=O) groups is 2. The van der Waals surface area contributed by atoms with Crippen LogP contribution in [0.3, 0.4) is 0 Å². The summed E-state index contributed by atoms with van der Waals surface area (Å²) in [6, 6.07) is 11.6. The van der Waals surface area contributed by atoms with E-state index in [-0.39, 0.29) is 18.5 Å². The number of para-hydroxylation sites is 2. The van der Waals surface area contributed by atoms with Crippen LogP contribution in [0.1, 0.15) is 33.5 Å². The number of hydrogen-bond donors (Lipinski definition) is 1. The number of amides is 2. The molecule has 0 saturated carbocycles. The summed E-state index contributed by atoms with van der Waals surface area (Å²) in [5, 5.41) is 2.88. The Morgan fingerprint density at radius 2 is 1.79 bits per heavy atom. The van der Waals surface area contributed by atoms with Gasteiger partial charge in [0.15, 0.2) is 0 Å². The van der Waals surface area contributed by atoms with E-state index in [4.69, 9.17) is 4.74 Å². The predicted molar refractivity (Wildman–Crippen MR) is 132 cm³/mol. The van der Waals surface area contributed by atoms with Gasteiger partial charge in [0, 0.05) is 32.6 Å². The molecule has 0 radical (unpaired) electrons. The molecule has 180 valence electrons. The van der Waals surface area contributed by atoms with Crippen LogP contribution in [0, 0.1) is 0 Å². The van der Waals surface area contributed by atoms with Gasteiger partial charge in [-0.15, -0.1) is 0 Å². The molecule has 4 rings (SSSR count). The van der Waals surface area contributed by atoms with Crippen molar-refractivity contribution in [1.29, 1.82) is 0 Å². The normalized spacial score (nSPS) is 14.4. The van der Waals surface area contributed by atoms with Crippen molar-refractivity contribution < 1.29 is 14.3 Å². The summed E-state index contributed by atoms with van der Waals surface area (Å²) in [4.78, 5) is 37.9. The van der Waals surface area contributed by atoms with Crippen molar-refractivity contribution in [3.8, 4) is 0 Å². The number of aryl methyl sites for hydroxylation is 1. The molecule has 1 N–H and O–H groups in total. The van der Waals surface area contributed by atoms with E-state index in [2.05, 4.69) is 20.2 Å². The molecule has 0 unspecified atom stereocenters. The van der Waals surface area contributed by atoms with Gasteiger partial charge in [-0.05, 0) is 45.0 Å². The first-order valence-corrected chi connectivity index (χ1v) is 11.7. The molecule has 1 saturated heterocycles. The van der Waals surface area contributed by atoms with Crippen LogP contribution in [0.2, 0.25) is 0 Å². The Labute approximate surface area is 199 Å². The summed E-state index contributed by atoms with van der Waals surface area (Å²) in [5.41, 5.74) is 2.29. The highest BCUT2D eigenvalue weighted by molar-refractivity contribution is 5.91. The molecule has 1 aromatic carbocycles. The highest BCUT2D eigenvalue weighted by Gasteiger charge is 2.26. The summed E-state index contributed by atoms with van der Waals surface area (Å²) in [6.45, 7) is 10.4. The largest absolute Gasteiger partial charge is 0.444 e. The second-order valence-electron chi connectivity index (χ2n) is 9.36. The summed E-state index contributed by atoms with van der Waals surface area (Å²) in [6.07, 6.45) is 2.22. The van der Waals surface area contributed by atoms with Gasteiger partial charge in [-0.3, -0.25) is 4.79 Å². The number of fused-ring (bicyclic) bond motifs is 1. The number of aromatic nitrogens is 3. The third-order valence-electron chi connectivity index (χ3n) is 5.66. The number of imidazole rings is 1. The van der Waals surface area contributed by atoms with Crippen molar-refractivity contribution in [1.82, 2.24) is 19.4 Å². The molecule has 9 nitrogen and oxygen atoms in total. The average molecular weight is 465 g/mol. The molecular formula is C25H32N6O3. The smallest absolute Gasteiger partial charge is 0.410 e. The molecule has 0 atom stereocenters. The van der Waals surface area contributed by atoms with Crippen LogP contribution in [0.4, 0.5) is 16.3 Å². The van der Waals surface area contributed by atoms with Gasteiger partial charge in [0.05, 0.1) is 22.9 Å². The number of benzene rings is 1. The minimum Gasteiger partial charge on any atom is -0.444 e. The molecule has 3 aromatic rings. The van der Waals surface area contributed by atoms with Crippen LogP contribution >= 0.6 is 0 Å². The number of nitrogens with one attached hydrogen (secondary N) is 1. The van der Waals surface area contributed by atoms with Crippen LogP contribution in [-0.4, -0.2) is 63.2 Å². The third-order valence-corrected chi connectivity index (χ3v) is 5.66. The highest BCUT2D eigenvalue weighted by Crippen LogP contribution is 2.20. The maximum Gasteiger partial charge on any atom is 0.410 e. The lowest BCUT2D eigenvalue weighted by Crippen LogP contribution is -2.50. The fourth-order valence-electron chi connectivity index (χ4n) is 4.02. The number of carbonyl (C=O) groups excluding carboxylic acids is 2. The summed E-state index contributed by atoms with van der Waals surface area (Å²) < 4.78 is 7.40. The van der Waals surface area contributed by atoms with E-state index in [0.717, 1.165) is 29.0 Å². The zero-order chi connectivity index (χ0) is 24.3. The van der Waals surface area contributed by atoms with E-state index in [9.17, 15) is 9.59 Å². The molecule has 2 amide bonds. The first-order valence-electron chi connectivity index (χ1n) is 11.7. The molecule has 0 aliphatic carbocycles. The number of rotatable bonds is 5. The third kappa shape index (κ3) is 5.47. The molecule has 2 aromatic heterocycles. The molecule has 0 bridgehead atoms. The lowest BCUT2D eigenvalue weighted by molar-refractivity contribution is -0.116. The van der Waals surface area contributed by atoms with Crippen molar-refractivity contribution in [3.63, 3.8) is 0 Å². The fraction of sp³-hybridized carbons (Fsp3) is 0.440. The molecule has 9 heteroatoms. The summed E-state index contributed by atoms with van der Waals surface area (Å²) in [5.74, 6) is 1.23. The summed E-state index contributed by atoms with van der Waals surface area (Å²) in [7, 11) is 0. The molecule has 3 heterocycles. The first kappa shape index (κ1) is 23.5. The zero-order valence-electron chi connectivity index (χ0n) is 20.2. The monoisotopic (exact) mass is 464 g/mol. The maximum atomic E-state index is 12.7. The number of anilines is 2. The van der Waals surface area contributed by atoms with Gasteiger partial charge in [-0.1, -0.05) is 19.1 Å². The predicted octanol–water partition coefficient (Wildman–Crippen LogP) is 3.69. The van der Waals surface area contributed by atoms with Crippen molar-refractivity contribution in [2.75, 3.05) is 36.4 Å². The SMILES string of the molecule is CCc1nc2ccccc2n1CC(=O)Nc1ccc(N2CCN(C(=O)OC(C)(C)C)CC2)cn1. The van der Waals surface area contributed by atoms with Crippen molar-refractivity contribution in [2.45, 2.75) is 46.3 Å². The minimum absolute atomic E-state index is 0.149. The van der Waals surface area contributed by atoms with Crippen LogP contribution in [0.25, 0.3) is 11.0 Å². The zero-order valence-corrected chi connectivity index (χ0v) is 20.2. The van der Waals surface area contributed by atoms with Crippen molar-refractivity contribution >= 4 is 34.5 Å². The quantitative estimate of drug-likeness (QED) is 0.619. The first-order chi connectivity index (χ1) is 16.2. The molecule has 34 heavy (non-hydrogen) atoms. The lowest BCUT2D eigenvalue weighted by atomic mass is 10.2. The van der Waals surface area contributed by atoms with Crippen molar-refractivity contribution in [3.05, 3.63) is 48.4 Å². The Kier molecular flexibility index (Phi) is 6.72. The lowest BCUT2D eigenvalue weighted by Gasteiger charge is -2.36. The molecular weight excluding hydrogens is 432 g/mol. The number of piperazine rings is 1. The highest BCUT2D eigenvalue weighted by atomic mass is 16.6. The van der Waals surface area contributed by atoms with E-state index < -0.39 is 5.60 Å². The minimum atomic E-state index is -0.499. The maximum absolute atomic E-state index is 12.7. The molecule has 1 fully saturated rings. The Bertz CT molecular complexity index is 1160. The molecule has 1 aliphatic rings. The van der Waals surface area contributed by atoms with E-state index in [1.807, 2.05) is 62.6 Å². The van der Waals surface area contributed by atoms with Crippen LogP contribution in [-0.2, 0) is 22.5 Å².